The van der Waals surface area contributed by atoms with Gasteiger partial charge in [-0.15, -0.1) is 0 Å². The van der Waals surface area contributed by atoms with E-state index in [2.05, 4.69) is 4.99 Å². The molecule has 1 heterocycles. The highest BCUT2D eigenvalue weighted by Crippen LogP contribution is 2.41. The molecule has 14 heavy (non-hydrogen) atoms. The van der Waals surface area contributed by atoms with Gasteiger partial charge in [-0.05, 0) is 26.0 Å². The lowest BCUT2D eigenvalue weighted by Gasteiger charge is -2.06. The Morgan fingerprint density at radius 1 is 1.57 bits per heavy atom. The topological polar surface area (TPSA) is 83.0 Å². The molecule has 78 valence electrons. The molecule has 0 bridgehead atoms. The van der Waals surface area contributed by atoms with Crippen molar-refractivity contribution in [3.05, 3.63) is 23.7 Å². The van der Waals surface area contributed by atoms with E-state index in [1.165, 1.54) is 13.1 Å². The van der Waals surface area contributed by atoms with Crippen LogP contribution in [0.2, 0.25) is 0 Å². The highest BCUT2D eigenvalue weighted by atomic mass is 31.2. The van der Waals surface area contributed by atoms with Crippen LogP contribution in [0, 0.1) is 6.92 Å². The summed E-state index contributed by atoms with van der Waals surface area (Å²) in [6.07, 6.45) is 1.32. The van der Waals surface area contributed by atoms with Gasteiger partial charge in [0.25, 0.3) is 0 Å². The molecule has 0 spiro atoms. The number of furan rings is 1. The largest absolute Gasteiger partial charge is 0.460 e. The van der Waals surface area contributed by atoms with Crippen molar-refractivity contribution in [3.63, 3.8) is 0 Å². The number of rotatable bonds is 3. The molecule has 1 atom stereocenters. The van der Waals surface area contributed by atoms with Crippen LogP contribution in [0.4, 0.5) is 0 Å². The minimum absolute atomic E-state index is 0.489. The Labute approximate surface area is 81.6 Å². The Kier molecular flexibility index (Phi) is 3.26. The monoisotopic (exact) mass is 217 g/mol. The fraction of sp³-hybridized carbons (Fsp3) is 0.375. The molecule has 0 fully saturated rings. The van der Waals surface area contributed by atoms with E-state index in [0.29, 0.717) is 5.76 Å². The highest BCUT2D eigenvalue weighted by molar-refractivity contribution is 7.52. The first-order valence-electron chi connectivity index (χ1n) is 4.04. The maximum absolute atomic E-state index is 10.7. The van der Waals surface area contributed by atoms with Crippen molar-refractivity contribution in [2.24, 2.45) is 4.99 Å². The minimum atomic E-state index is -4.13. The van der Waals surface area contributed by atoms with Crippen molar-refractivity contribution >= 4 is 13.8 Å². The van der Waals surface area contributed by atoms with Crippen LogP contribution in [-0.2, 0) is 4.57 Å². The van der Waals surface area contributed by atoms with Gasteiger partial charge < -0.3 is 14.2 Å². The summed E-state index contributed by atoms with van der Waals surface area (Å²) in [5.74, 6) is 0.186. The summed E-state index contributed by atoms with van der Waals surface area (Å²) in [5.41, 5.74) is 0. The number of nitrogens with zero attached hydrogens (tertiary/aromatic N) is 1. The predicted octanol–water partition coefficient (Wildman–Crippen LogP) is 1.53. The van der Waals surface area contributed by atoms with E-state index in [0.717, 1.165) is 5.76 Å². The standard InChI is InChI=1S/C8H12NO4P/c1-6-3-4-8(13-6)5-9-7(2)14(10,11)12/h3-5,7H,1-2H3,(H2,10,11,12)/t7-/m1/s1. The van der Waals surface area contributed by atoms with Gasteiger partial charge in [-0.1, -0.05) is 0 Å². The molecule has 1 rings (SSSR count). The molecule has 1 aromatic rings. The number of hydrogen-bond acceptors (Lipinski definition) is 3. The first-order valence-corrected chi connectivity index (χ1v) is 5.72. The summed E-state index contributed by atoms with van der Waals surface area (Å²) >= 11 is 0. The summed E-state index contributed by atoms with van der Waals surface area (Å²) in [5, 5.41) is 0. The third-order valence-corrected chi connectivity index (χ3v) is 2.77. The van der Waals surface area contributed by atoms with E-state index in [4.69, 9.17) is 14.2 Å². The average Bonchev–Trinajstić information content (AvgIpc) is 2.45. The molecule has 5 nitrogen and oxygen atoms in total. The first kappa shape index (κ1) is 11.2. The molecule has 0 unspecified atom stereocenters. The van der Waals surface area contributed by atoms with Gasteiger partial charge in [0.2, 0.25) is 0 Å². The molecular formula is C8H12NO4P. The second kappa shape index (κ2) is 4.09. The van der Waals surface area contributed by atoms with E-state index < -0.39 is 13.4 Å². The molecule has 6 heteroatoms. The number of aryl methyl sites for hydroxylation is 1. The first-order chi connectivity index (χ1) is 6.39. The molecule has 2 N–H and O–H groups in total. The lowest BCUT2D eigenvalue weighted by atomic mass is 10.4. The molecule has 0 aliphatic rings. The fourth-order valence-electron chi connectivity index (χ4n) is 0.791. The van der Waals surface area contributed by atoms with Gasteiger partial charge in [0.05, 0.1) is 6.21 Å². The van der Waals surface area contributed by atoms with E-state index >= 15 is 0 Å². The van der Waals surface area contributed by atoms with Crippen LogP contribution in [-0.4, -0.2) is 21.8 Å². The molecule has 0 saturated heterocycles. The smallest absolute Gasteiger partial charge is 0.349 e. The lowest BCUT2D eigenvalue weighted by molar-refractivity contribution is 0.362. The zero-order valence-electron chi connectivity index (χ0n) is 7.91. The minimum Gasteiger partial charge on any atom is -0.460 e. The van der Waals surface area contributed by atoms with Crippen LogP contribution in [0.3, 0.4) is 0 Å². The average molecular weight is 217 g/mol. The number of hydrogen-bond donors (Lipinski definition) is 2. The second-order valence-electron chi connectivity index (χ2n) is 2.95. The second-order valence-corrected chi connectivity index (χ2v) is 4.87. The van der Waals surface area contributed by atoms with Crippen molar-refractivity contribution in [1.29, 1.82) is 0 Å². The van der Waals surface area contributed by atoms with Crippen molar-refractivity contribution in [1.82, 2.24) is 0 Å². The summed E-state index contributed by atoms with van der Waals surface area (Å²) in [7, 11) is -4.13. The molecular weight excluding hydrogens is 205 g/mol. The third-order valence-electron chi connectivity index (χ3n) is 1.67. The van der Waals surface area contributed by atoms with E-state index in [-0.39, 0.29) is 0 Å². The molecule has 0 aliphatic carbocycles. The molecule has 0 aromatic carbocycles. The van der Waals surface area contributed by atoms with E-state index in [9.17, 15) is 4.57 Å². The Bertz CT molecular complexity index is 378. The summed E-state index contributed by atoms with van der Waals surface area (Å²) in [6, 6.07) is 3.44. The fourth-order valence-corrected chi connectivity index (χ4v) is 1.03. The third kappa shape index (κ3) is 3.10. The molecule has 1 aromatic heterocycles. The Balaban J connectivity index is 2.70. The normalized spacial score (nSPS) is 14.9. The summed E-state index contributed by atoms with van der Waals surface area (Å²) in [4.78, 5) is 21.2. The van der Waals surface area contributed by atoms with E-state index in [1.807, 2.05) is 0 Å². The van der Waals surface area contributed by atoms with Crippen LogP contribution in [0.5, 0.6) is 0 Å². The SMILES string of the molecule is Cc1ccc(C=N[C@@H](C)P(=O)(O)O)o1. The van der Waals surface area contributed by atoms with Crippen LogP contribution in [0.15, 0.2) is 21.5 Å². The Hall–Kier alpha value is -0.900. The maximum atomic E-state index is 10.7. The van der Waals surface area contributed by atoms with Crippen LogP contribution in [0.1, 0.15) is 18.4 Å². The number of aliphatic imine (C=N–C) groups is 1. The quantitative estimate of drug-likeness (QED) is 0.594. The van der Waals surface area contributed by atoms with Gasteiger partial charge in [-0.25, -0.2) is 0 Å². The van der Waals surface area contributed by atoms with Gasteiger partial charge in [0.1, 0.15) is 17.3 Å². The molecule has 0 saturated carbocycles. The van der Waals surface area contributed by atoms with Crippen molar-refractivity contribution in [2.45, 2.75) is 19.6 Å². The highest BCUT2D eigenvalue weighted by Gasteiger charge is 2.22. The van der Waals surface area contributed by atoms with Crippen molar-refractivity contribution in [3.8, 4) is 0 Å². The summed E-state index contributed by atoms with van der Waals surface area (Å²) < 4.78 is 15.9. The van der Waals surface area contributed by atoms with Gasteiger partial charge in [-0.2, -0.15) is 0 Å². The Morgan fingerprint density at radius 2 is 2.21 bits per heavy atom. The van der Waals surface area contributed by atoms with Gasteiger partial charge >= 0.3 is 7.60 Å². The summed E-state index contributed by atoms with van der Waals surface area (Å²) in [6.45, 7) is 3.14. The van der Waals surface area contributed by atoms with Crippen molar-refractivity contribution in [2.75, 3.05) is 0 Å². The van der Waals surface area contributed by atoms with Crippen molar-refractivity contribution < 1.29 is 18.8 Å². The maximum Gasteiger partial charge on any atom is 0.349 e. The van der Waals surface area contributed by atoms with Gasteiger partial charge in [-0.3, -0.25) is 9.56 Å². The van der Waals surface area contributed by atoms with Gasteiger partial charge in [0.15, 0.2) is 0 Å². The molecule has 0 aliphatic heterocycles. The molecule has 0 amide bonds. The molecule has 0 radical (unpaired) electrons. The zero-order chi connectivity index (χ0) is 10.8. The Morgan fingerprint density at radius 3 is 2.64 bits per heavy atom. The van der Waals surface area contributed by atoms with Crippen LogP contribution < -0.4 is 0 Å². The van der Waals surface area contributed by atoms with Crippen LogP contribution in [0.25, 0.3) is 0 Å². The van der Waals surface area contributed by atoms with Gasteiger partial charge in [0, 0.05) is 0 Å². The zero-order valence-corrected chi connectivity index (χ0v) is 8.81. The van der Waals surface area contributed by atoms with Crippen LogP contribution >= 0.6 is 7.60 Å². The lowest BCUT2D eigenvalue weighted by Crippen LogP contribution is -1.99. The predicted molar refractivity (Wildman–Crippen MR) is 52.5 cm³/mol. The van der Waals surface area contributed by atoms with E-state index in [1.54, 1.807) is 19.1 Å².